The predicted octanol–water partition coefficient (Wildman–Crippen LogP) is 3.24. The number of rotatable bonds is 2. The van der Waals surface area contributed by atoms with Crippen LogP contribution in [-0.2, 0) is 9.57 Å². The SMILES string of the molecule is Cc1ccsc1C1C(C#N)=C(N)OC2ON=C(c3ccccc3)C21. The van der Waals surface area contributed by atoms with Gasteiger partial charge in [0.2, 0.25) is 5.88 Å². The summed E-state index contributed by atoms with van der Waals surface area (Å²) in [5.74, 6) is -0.289. The number of thiophene rings is 1. The topological polar surface area (TPSA) is 80.6 Å². The number of aryl methyl sites for hydroxylation is 1. The van der Waals surface area contributed by atoms with Crippen molar-refractivity contribution in [2.45, 2.75) is 19.1 Å². The first kappa shape index (κ1) is 14.8. The highest BCUT2D eigenvalue weighted by Gasteiger charge is 2.49. The molecule has 0 bridgehead atoms. The molecule has 2 N–H and O–H groups in total. The summed E-state index contributed by atoms with van der Waals surface area (Å²) in [4.78, 5) is 6.60. The zero-order valence-corrected chi connectivity index (χ0v) is 13.8. The van der Waals surface area contributed by atoms with Crippen molar-refractivity contribution >= 4 is 17.0 Å². The van der Waals surface area contributed by atoms with E-state index in [-0.39, 0.29) is 17.7 Å². The molecule has 2 aliphatic rings. The van der Waals surface area contributed by atoms with Gasteiger partial charge in [-0.1, -0.05) is 35.5 Å². The van der Waals surface area contributed by atoms with Gasteiger partial charge in [0, 0.05) is 10.8 Å². The lowest BCUT2D eigenvalue weighted by Gasteiger charge is -2.32. The number of allylic oxidation sites excluding steroid dienone is 1. The van der Waals surface area contributed by atoms with E-state index < -0.39 is 6.29 Å². The third kappa shape index (κ3) is 2.17. The Kier molecular flexibility index (Phi) is 3.51. The Balaban J connectivity index is 1.86. The molecule has 1 aromatic carbocycles. The van der Waals surface area contributed by atoms with Crippen molar-refractivity contribution in [2.75, 3.05) is 0 Å². The van der Waals surface area contributed by atoms with Crippen LogP contribution in [0.1, 0.15) is 21.9 Å². The van der Waals surface area contributed by atoms with Gasteiger partial charge in [-0.2, -0.15) is 5.26 Å². The van der Waals surface area contributed by atoms with E-state index in [0.29, 0.717) is 5.57 Å². The Bertz CT molecular complexity index is 879. The van der Waals surface area contributed by atoms with Crippen LogP contribution >= 0.6 is 11.3 Å². The quantitative estimate of drug-likeness (QED) is 0.912. The van der Waals surface area contributed by atoms with Gasteiger partial charge < -0.3 is 15.3 Å². The van der Waals surface area contributed by atoms with Gasteiger partial charge in [0.25, 0.3) is 6.29 Å². The van der Waals surface area contributed by atoms with Gasteiger partial charge in [0.1, 0.15) is 6.07 Å². The molecule has 120 valence electrons. The second kappa shape index (κ2) is 5.69. The molecule has 24 heavy (non-hydrogen) atoms. The van der Waals surface area contributed by atoms with Crippen LogP contribution in [0.3, 0.4) is 0 Å². The lowest BCUT2D eigenvalue weighted by Crippen LogP contribution is -2.38. The number of benzene rings is 1. The third-order valence-corrected chi connectivity index (χ3v) is 5.52. The van der Waals surface area contributed by atoms with Gasteiger partial charge in [-0.05, 0) is 29.5 Å². The number of nitriles is 1. The normalized spacial score (nSPS) is 25.3. The largest absolute Gasteiger partial charge is 0.436 e. The average Bonchev–Trinajstić information content (AvgIpc) is 3.20. The minimum Gasteiger partial charge on any atom is -0.436 e. The summed E-state index contributed by atoms with van der Waals surface area (Å²) in [5.41, 5.74) is 9.31. The second-order valence-corrected chi connectivity index (χ2v) is 6.74. The lowest BCUT2D eigenvalue weighted by atomic mass is 9.77. The molecule has 3 unspecified atom stereocenters. The number of fused-ring (bicyclic) bond motifs is 1. The molecule has 3 heterocycles. The van der Waals surface area contributed by atoms with Crippen LogP contribution < -0.4 is 5.73 Å². The van der Waals surface area contributed by atoms with Gasteiger partial charge in [-0.3, -0.25) is 0 Å². The Morgan fingerprint density at radius 3 is 2.71 bits per heavy atom. The van der Waals surface area contributed by atoms with Crippen molar-refractivity contribution in [1.82, 2.24) is 0 Å². The minimum absolute atomic E-state index is 0.126. The maximum atomic E-state index is 9.65. The molecule has 6 heteroatoms. The molecular formula is C18H15N3O2S. The highest BCUT2D eigenvalue weighted by atomic mass is 32.1. The Morgan fingerprint density at radius 1 is 1.25 bits per heavy atom. The highest BCUT2D eigenvalue weighted by Crippen LogP contribution is 2.47. The van der Waals surface area contributed by atoms with E-state index in [1.54, 1.807) is 11.3 Å². The molecule has 3 atom stereocenters. The van der Waals surface area contributed by atoms with Gasteiger partial charge in [0.15, 0.2) is 0 Å². The smallest absolute Gasteiger partial charge is 0.276 e. The van der Waals surface area contributed by atoms with Gasteiger partial charge in [-0.15, -0.1) is 11.3 Å². The number of hydrogen-bond acceptors (Lipinski definition) is 6. The van der Waals surface area contributed by atoms with E-state index in [1.165, 1.54) is 0 Å². The summed E-state index contributed by atoms with van der Waals surface area (Å²) in [6.07, 6.45) is -0.608. The fourth-order valence-corrected chi connectivity index (χ4v) is 4.36. The maximum absolute atomic E-state index is 9.65. The van der Waals surface area contributed by atoms with Crippen LogP contribution in [0.2, 0.25) is 0 Å². The lowest BCUT2D eigenvalue weighted by molar-refractivity contribution is -0.129. The van der Waals surface area contributed by atoms with Crippen molar-refractivity contribution in [3.63, 3.8) is 0 Å². The first-order valence-electron chi connectivity index (χ1n) is 7.60. The van der Waals surface area contributed by atoms with E-state index in [9.17, 15) is 5.26 Å². The first-order valence-corrected chi connectivity index (χ1v) is 8.48. The Hall–Kier alpha value is -2.78. The van der Waals surface area contributed by atoms with Gasteiger partial charge in [-0.25, -0.2) is 0 Å². The van der Waals surface area contributed by atoms with Crippen LogP contribution in [0.5, 0.6) is 0 Å². The Labute approximate surface area is 143 Å². The fourth-order valence-electron chi connectivity index (χ4n) is 3.27. The van der Waals surface area contributed by atoms with E-state index in [2.05, 4.69) is 11.2 Å². The molecule has 0 fully saturated rings. The Morgan fingerprint density at radius 2 is 2.04 bits per heavy atom. The third-order valence-electron chi connectivity index (χ3n) is 4.42. The molecule has 0 radical (unpaired) electrons. The summed E-state index contributed by atoms with van der Waals surface area (Å²) in [6, 6.07) is 14.1. The zero-order valence-electron chi connectivity index (χ0n) is 13.0. The van der Waals surface area contributed by atoms with E-state index in [1.807, 2.05) is 48.7 Å². The van der Waals surface area contributed by atoms with Crippen molar-refractivity contribution in [3.05, 3.63) is 69.2 Å². The van der Waals surface area contributed by atoms with Crippen LogP contribution in [0.4, 0.5) is 0 Å². The highest BCUT2D eigenvalue weighted by molar-refractivity contribution is 7.10. The molecule has 0 spiro atoms. The molecule has 0 saturated heterocycles. The van der Waals surface area contributed by atoms with Crippen LogP contribution in [-0.4, -0.2) is 12.0 Å². The van der Waals surface area contributed by atoms with Gasteiger partial charge >= 0.3 is 0 Å². The zero-order chi connectivity index (χ0) is 16.7. The van der Waals surface area contributed by atoms with Gasteiger partial charge in [0.05, 0.1) is 17.2 Å². The van der Waals surface area contributed by atoms with Crippen molar-refractivity contribution < 1.29 is 9.57 Å². The second-order valence-electron chi connectivity index (χ2n) is 5.80. The van der Waals surface area contributed by atoms with Crippen molar-refractivity contribution in [1.29, 1.82) is 5.26 Å². The van der Waals surface area contributed by atoms with E-state index in [4.69, 9.17) is 15.3 Å². The van der Waals surface area contributed by atoms with Crippen molar-refractivity contribution in [2.24, 2.45) is 16.8 Å². The van der Waals surface area contributed by atoms with E-state index >= 15 is 0 Å². The molecule has 2 aromatic rings. The summed E-state index contributed by atoms with van der Waals surface area (Å²) in [5, 5.41) is 15.9. The monoisotopic (exact) mass is 337 g/mol. The molecule has 5 nitrogen and oxygen atoms in total. The molecule has 0 aliphatic carbocycles. The molecule has 0 amide bonds. The molecule has 0 saturated carbocycles. The minimum atomic E-state index is -0.608. The summed E-state index contributed by atoms with van der Waals surface area (Å²) in [6.45, 7) is 2.04. The fraction of sp³-hybridized carbons (Fsp3) is 0.222. The van der Waals surface area contributed by atoms with Crippen LogP contribution in [0, 0.1) is 24.2 Å². The molecule has 4 rings (SSSR count). The van der Waals surface area contributed by atoms with Crippen LogP contribution in [0.25, 0.3) is 0 Å². The summed E-state index contributed by atoms with van der Waals surface area (Å²) >= 11 is 1.62. The first-order chi connectivity index (χ1) is 11.7. The molecule has 2 aliphatic heterocycles. The number of nitrogens with two attached hydrogens (primary N) is 1. The van der Waals surface area contributed by atoms with Crippen LogP contribution in [0.15, 0.2) is 58.4 Å². The average molecular weight is 337 g/mol. The number of hydrogen-bond donors (Lipinski definition) is 1. The molecular weight excluding hydrogens is 322 g/mol. The predicted molar refractivity (Wildman–Crippen MR) is 91.1 cm³/mol. The number of oxime groups is 1. The number of ether oxygens (including phenoxy) is 1. The maximum Gasteiger partial charge on any atom is 0.276 e. The van der Waals surface area contributed by atoms with E-state index in [0.717, 1.165) is 21.7 Å². The molecule has 1 aromatic heterocycles. The number of nitrogens with zero attached hydrogens (tertiary/aromatic N) is 2. The summed E-state index contributed by atoms with van der Waals surface area (Å²) in [7, 11) is 0. The van der Waals surface area contributed by atoms with Crippen molar-refractivity contribution in [3.8, 4) is 6.07 Å². The summed E-state index contributed by atoms with van der Waals surface area (Å²) < 4.78 is 5.64. The standard InChI is InChI=1S/C18H15N3O2S/c1-10-7-8-24-16(10)13-12(9-19)17(20)22-18-14(13)15(21-23-18)11-5-3-2-4-6-11/h2-8,13-14,18H,20H2,1H3.